The van der Waals surface area contributed by atoms with Crippen molar-refractivity contribution in [3.63, 3.8) is 0 Å². The van der Waals surface area contributed by atoms with Gasteiger partial charge in [-0.2, -0.15) is 0 Å². The number of ketones is 1. The Hall–Kier alpha value is -0.496. The maximum Gasteiger partial charge on any atom is 0.192 e. The van der Waals surface area contributed by atoms with Crippen LogP contribution in [0.5, 0.6) is 0 Å². The Morgan fingerprint density at radius 3 is 1.72 bits per heavy atom. The van der Waals surface area contributed by atoms with Crippen LogP contribution in [0.3, 0.4) is 0 Å². The Morgan fingerprint density at radius 2 is 1.28 bits per heavy atom. The predicted molar refractivity (Wildman–Crippen MR) is 158 cm³/mol. The maximum atomic E-state index is 13.1. The molecule has 3 aliphatic rings. The Morgan fingerprint density at radius 1 is 0.833 bits per heavy atom. The van der Waals surface area contributed by atoms with Crippen molar-refractivity contribution >= 4 is 22.4 Å². The molecule has 0 aliphatic heterocycles. The molecule has 0 aromatic heterocycles. The number of allylic oxidation sites excluding steroid dienone is 1. The van der Waals surface area contributed by atoms with Crippen molar-refractivity contribution < 1.29 is 13.6 Å². The lowest BCUT2D eigenvalue weighted by atomic mass is 9.57. The zero-order chi connectivity index (χ0) is 27.7. The third-order valence-corrected chi connectivity index (χ3v) is 19.9. The summed E-state index contributed by atoms with van der Waals surface area (Å²) in [5.74, 6) is 0.789. The molecule has 0 amide bonds. The molecule has 0 aromatic rings. The summed E-state index contributed by atoms with van der Waals surface area (Å²) >= 11 is 0. The van der Waals surface area contributed by atoms with E-state index in [9.17, 15) is 4.79 Å². The number of Topliss-reactive ketones (excluding diaryl/α,β-unsaturated/α-hetero) is 1. The van der Waals surface area contributed by atoms with Crippen LogP contribution >= 0.6 is 0 Å². The van der Waals surface area contributed by atoms with Crippen LogP contribution < -0.4 is 0 Å². The van der Waals surface area contributed by atoms with E-state index < -0.39 is 16.6 Å². The molecular weight excluding hydrogens is 477 g/mol. The van der Waals surface area contributed by atoms with E-state index in [4.69, 9.17) is 8.85 Å². The molecule has 0 spiro atoms. The van der Waals surface area contributed by atoms with E-state index in [2.05, 4.69) is 102 Å². The summed E-state index contributed by atoms with van der Waals surface area (Å²) in [5, 5.41) is 0.299. The normalized spacial score (nSPS) is 32.4. The standard InChI is InChI=1S/C31H56O3Si2/c1-21(2)23-20-26(34-36(13,14)29(6,7)8)31(10)18-17-30(9)24(27(23)31)16-15-22(32)19-25(30)33-35(11,12)28(3,4)5/h16,21,25-26H,15,17-20H2,1-14H3/t25-,26+,30+,31-/m0/s1. The van der Waals surface area contributed by atoms with Gasteiger partial charge in [0.15, 0.2) is 16.6 Å². The molecule has 0 bridgehead atoms. The third kappa shape index (κ3) is 5.08. The average molecular weight is 533 g/mol. The smallest absolute Gasteiger partial charge is 0.192 e. The minimum absolute atomic E-state index is 0.00459. The first-order chi connectivity index (χ1) is 16.1. The fraction of sp³-hybridized carbons (Fsp3) is 0.839. The van der Waals surface area contributed by atoms with Gasteiger partial charge in [-0.25, -0.2) is 0 Å². The van der Waals surface area contributed by atoms with Gasteiger partial charge in [0.1, 0.15) is 5.78 Å². The van der Waals surface area contributed by atoms with Crippen molar-refractivity contribution in [1.29, 1.82) is 0 Å². The summed E-state index contributed by atoms with van der Waals surface area (Å²) in [4.78, 5) is 13.1. The topological polar surface area (TPSA) is 35.5 Å². The Labute approximate surface area is 225 Å². The third-order valence-electron chi connectivity index (χ3n) is 10.9. The van der Waals surface area contributed by atoms with Gasteiger partial charge in [-0.15, -0.1) is 0 Å². The van der Waals surface area contributed by atoms with E-state index in [0.717, 1.165) is 19.3 Å². The molecule has 36 heavy (non-hydrogen) atoms. The Balaban J connectivity index is 2.10. The minimum Gasteiger partial charge on any atom is -0.413 e. The van der Waals surface area contributed by atoms with Crippen molar-refractivity contribution in [3.8, 4) is 0 Å². The van der Waals surface area contributed by atoms with Gasteiger partial charge >= 0.3 is 0 Å². The van der Waals surface area contributed by atoms with E-state index in [1.165, 1.54) is 11.1 Å². The van der Waals surface area contributed by atoms with Gasteiger partial charge in [-0.05, 0) is 72.6 Å². The van der Waals surface area contributed by atoms with Crippen molar-refractivity contribution in [2.75, 3.05) is 0 Å². The predicted octanol–water partition coefficient (Wildman–Crippen LogP) is 9.22. The van der Waals surface area contributed by atoms with E-state index in [1.807, 2.05) is 0 Å². The van der Waals surface area contributed by atoms with Gasteiger partial charge < -0.3 is 8.85 Å². The van der Waals surface area contributed by atoms with Crippen molar-refractivity contribution in [2.45, 2.75) is 150 Å². The number of hydrogen-bond donors (Lipinski definition) is 0. The zero-order valence-corrected chi connectivity index (χ0v) is 28.1. The van der Waals surface area contributed by atoms with E-state index in [-0.39, 0.29) is 33.1 Å². The summed E-state index contributed by atoms with van der Waals surface area (Å²) in [6.07, 6.45) is 6.70. The maximum absolute atomic E-state index is 13.1. The molecule has 0 N–H and O–H groups in total. The highest BCUT2D eigenvalue weighted by Gasteiger charge is 2.58. The lowest BCUT2D eigenvalue weighted by Crippen LogP contribution is -2.53. The van der Waals surface area contributed by atoms with Crippen LogP contribution in [0.4, 0.5) is 0 Å². The molecule has 0 radical (unpaired) electrons. The number of carbonyl (C=O) groups is 1. The van der Waals surface area contributed by atoms with Crippen molar-refractivity contribution in [3.05, 3.63) is 22.8 Å². The average Bonchev–Trinajstić information content (AvgIpc) is 2.90. The Bertz CT molecular complexity index is 944. The second-order valence-electron chi connectivity index (χ2n) is 15.9. The number of rotatable bonds is 5. The molecule has 3 nitrogen and oxygen atoms in total. The summed E-state index contributed by atoms with van der Waals surface area (Å²) in [6.45, 7) is 32.9. The zero-order valence-electron chi connectivity index (χ0n) is 26.1. The highest BCUT2D eigenvalue weighted by Crippen LogP contribution is 2.64. The lowest BCUT2D eigenvalue weighted by Gasteiger charge is -2.53. The summed E-state index contributed by atoms with van der Waals surface area (Å²) < 4.78 is 14.3. The van der Waals surface area contributed by atoms with E-state index in [0.29, 0.717) is 24.5 Å². The Kier molecular flexibility index (Phi) is 7.77. The van der Waals surface area contributed by atoms with Gasteiger partial charge in [-0.1, -0.05) is 80.9 Å². The van der Waals surface area contributed by atoms with Gasteiger partial charge in [0.2, 0.25) is 0 Å². The van der Waals surface area contributed by atoms with Crippen LogP contribution in [-0.2, 0) is 13.6 Å². The van der Waals surface area contributed by atoms with E-state index in [1.54, 1.807) is 5.57 Å². The van der Waals surface area contributed by atoms with Gasteiger partial charge in [0.05, 0.1) is 12.2 Å². The minimum atomic E-state index is -2.04. The number of fused-ring (bicyclic) bond motifs is 3. The quantitative estimate of drug-likeness (QED) is 0.331. The van der Waals surface area contributed by atoms with Crippen LogP contribution in [0.25, 0.3) is 0 Å². The molecule has 4 atom stereocenters. The van der Waals surface area contributed by atoms with Crippen molar-refractivity contribution in [2.24, 2.45) is 16.7 Å². The molecule has 0 saturated heterocycles. The molecule has 0 heterocycles. The van der Waals surface area contributed by atoms with Crippen LogP contribution in [0.2, 0.25) is 36.3 Å². The lowest BCUT2D eigenvalue weighted by molar-refractivity contribution is -0.121. The largest absolute Gasteiger partial charge is 0.413 e. The van der Waals surface area contributed by atoms with Crippen molar-refractivity contribution in [1.82, 2.24) is 0 Å². The molecular formula is C31H56O3Si2. The fourth-order valence-corrected chi connectivity index (χ4v) is 8.91. The summed E-state index contributed by atoms with van der Waals surface area (Å²) in [6, 6.07) is 0. The van der Waals surface area contributed by atoms with Crippen LogP contribution in [0, 0.1) is 16.7 Å². The first-order valence-electron chi connectivity index (χ1n) is 14.4. The molecule has 1 fully saturated rings. The molecule has 5 heteroatoms. The van der Waals surface area contributed by atoms with Crippen LogP contribution in [0.15, 0.2) is 22.8 Å². The highest BCUT2D eigenvalue weighted by atomic mass is 28.4. The second-order valence-corrected chi connectivity index (χ2v) is 25.4. The van der Waals surface area contributed by atoms with Crippen LogP contribution in [0.1, 0.15) is 101 Å². The van der Waals surface area contributed by atoms with Crippen LogP contribution in [-0.4, -0.2) is 34.6 Å². The number of carbonyl (C=O) groups excluding carboxylic acids is 1. The second kappa shape index (κ2) is 9.31. The molecule has 0 aromatic carbocycles. The summed E-state index contributed by atoms with van der Waals surface area (Å²) in [7, 11) is -3.97. The first kappa shape index (κ1) is 30.1. The summed E-state index contributed by atoms with van der Waals surface area (Å²) in [5.41, 5.74) is 4.35. The van der Waals surface area contributed by atoms with E-state index >= 15 is 0 Å². The highest BCUT2D eigenvalue weighted by molar-refractivity contribution is 6.74. The number of hydrogen-bond acceptors (Lipinski definition) is 3. The fourth-order valence-electron chi connectivity index (χ4n) is 6.09. The molecule has 3 rings (SSSR count). The monoisotopic (exact) mass is 532 g/mol. The molecule has 206 valence electrons. The van der Waals surface area contributed by atoms with Gasteiger partial charge in [0, 0.05) is 23.7 Å². The van der Waals surface area contributed by atoms with Gasteiger partial charge in [0.25, 0.3) is 0 Å². The molecule has 3 aliphatic carbocycles. The first-order valence-corrected chi connectivity index (χ1v) is 20.2. The SMILES string of the molecule is CC(C)C1=C2C3=CCC(=O)C[C@H](O[Si](C)(C)C(C)(C)C)[C@]3(C)CC[C@@]2(C)[C@H](O[Si](C)(C)C(C)(C)C)C1. The molecule has 0 unspecified atom stereocenters. The molecule has 1 saturated carbocycles. The van der Waals surface area contributed by atoms with Gasteiger partial charge in [-0.3, -0.25) is 4.79 Å².